The third-order valence-electron chi connectivity index (χ3n) is 5.45. The summed E-state index contributed by atoms with van der Waals surface area (Å²) in [6.07, 6.45) is 2.84. The van der Waals surface area contributed by atoms with E-state index in [0.717, 1.165) is 53.3 Å². The summed E-state index contributed by atoms with van der Waals surface area (Å²) in [6, 6.07) is 16.3. The molecule has 0 unspecified atom stereocenters. The van der Waals surface area contributed by atoms with Crippen molar-refractivity contribution in [2.45, 2.75) is 26.8 Å². The molecule has 1 saturated heterocycles. The van der Waals surface area contributed by atoms with Gasteiger partial charge in [-0.1, -0.05) is 55.5 Å². The van der Waals surface area contributed by atoms with Gasteiger partial charge in [-0.2, -0.15) is 5.10 Å². The number of carbonyl (C=O) groups is 1. The maximum Gasteiger partial charge on any atom is 0.246 e. The molecule has 1 fully saturated rings. The van der Waals surface area contributed by atoms with Crippen molar-refractivity contribution in [2.75, 3.05) is 36.5 Å². The molecule has 0 radical (unpaired) electrons. The average molecular weight is 405 g/mol. The molecule has 0 atom stereocenters. The smallest absolute Gasteiger partial charge is 0.246 e. The van der Waals surface area contributed by atoms with Crippen LogP contribution in [-0.2, 0) is 22.5 Å². The molecule has 2 aromatic carbocycles. The first-order valence-electron chi connectivity index (χ1n) is 10.5. The fraction of sp³-hybridized carbons (Fsp3) is 0.333. The molecule has 30 heavy (non-hydrogen) atoms. The summed E-state index contributed by atoms with van der Waals surface area (Å²) in [5.74, 6) is 0.831. The number of morpholine rings is 1. The molecule has 1 amide bonds. The Morgan fingerprint density at radius 1 is 1.10 bits per heavy atom. The first kappa shape index (κ1) is 20.2. The molecule has 6 heteroatoms. The van der Waals surface area contributed by atoms with Gasteiger partial charge in [0.05, 0.1) is 13.2 Å². The van der Waals surface area contributed by atoms with Crippen molar-refractivity contribution in [3.05, 3.63) is 65.9 Å². The number of anilines is 2. The Bertz CT molecular complexity index is 1010. The number of para-hydroxylation sites is 1. The molecule has 0 aliphatic carbocycles. The highest BCUT2D eigenvalue weighted by Gasteiger charge is 2.21. The summed E-state index contributed by atoms with van der Waals surface area (Å²) >= 11 is 0. The number of carbonyl (C=O) groups excluding carboxylic acids is 1. The Labute approximate surface area is 177 Å². The van der Waals surface area contributed by atoms with E-state index in [9.17, 15) is 4.79 Å². The number of aromatic nitrogens is 2. The van der Waals surface area contributed by atoms with Crippen LogP contribution in [0.3, 0.4) is 0 Å². The van der Waals surface area contributed by atoms with E-state index in [1.807, 2.05) is 43.5 Å². The third-order valence-corrected chi connectivity index (χ3v) is 5.45. The molecule has 1 N–H and O–H groups in total. The molecule has 1 aromatic heterocycles. The first-order valence-corrected chi connectivity index (χ1v) is 10.5. The number of hydrogen-bond acceptors (Lipinski definition) is 4. The largest absolute Gasteiger partial charge is 0.378 e. The van der Waals surface area contributed by atoms with Gasteiger partial charge in [-0.15, -0.1) is 0 Å². The van der Waals surface area contributed by atoms with Crippen LogP contribution in [-0.4, -0.2) is 42.0 Å². The van der Waals surface area contributed by atoms with Crippen molar-refractivity contribution >= 4 is 17.4 Å². The van der Waals surface area contributed by atoms with E-state index >= 15 is 0 Å². The molecule has 6 nitrogen and oxygen atoms in total. The summed E-state index contributed by atoms with van der Waals surface area (Å²) in [4.78, 5) is 15.1. The van der Waals surface area contributed by atoms with Crippen LogP contribution >= 0.6 is 0 Å². The highest BCUT2D eigenvalue weighted by atomic mass is 16.5. The van der Waals surface area contributed by atoms with Gasteiger partial charge in [0.1, 0.15) is 6.54 Å². The van der Waals surface area contributed by atoms with Crippen molar-refractivity contribution in [3.8, 4) is 11.1 Å². The van der Waals surface area contributed by atoms with Crippen LogP contribution in [0, 0.1) is 6.92 Å². The number of hydrogen-bond donors (Lipinski definition) is 1. The molecule has 156 valence electrons. The Morgan fingerprint density at radius 3 is 2.60 bits per heavy atom. The molecule has 0 saturated carbocycles. The lowest BCUT2D eigenvalue weighted by Gasteiger charge is -2.27. The molecule has 3 aromatic rings. The van der Waals surface area contributed by atoms with E-state index in [2.05, 4.69) is 35.3 Å². The molecule has 2 heterocycles. The second-order valence-electron chi connectivity index (χ2n) is 7.54. The van der Waals surface area contributed by atoms with Crippen LogP contribution < -0.4 is 10.2 Å². The Balaban J connectivity index is 1.59. The number of ether oxygens (including phenoxy) is 1. The lowest BCUT2D eigenvalue weighted by molar-refractivity contribution is -0.116. The summed E-state index contributed by atoms with van der Waals surface area (Å²) in [5.41, 5.74) is 5.26. The van der Waals surface area contributed by atoms with E-state index in [-0.39, 0.29) is 12.5 Å². The zero-order valence-electron chi connectivity index (χ0n) is 17.6. The Morgan fingerprint density at radius 2 is 1.87 bits per heavy atom. The highest BCUT2D eigenvalue weighted by Crippen LogP contribution is 2.30. The van der Waals surface area contributed by atoms with Gasteiger partial charge < -0.3 is 15.0 Å². The highest BCUT2D eigenvalue weighted by molar-refractivity contribution is 5.92. The van der Waals surface area contributed by atoms with E-state index in [1.165, 1.54) is 0 Å². The van der Waals surface area contributed by atoms with Gasteiger partial charge in [0.15, 0.2) is 5.82 Å². The molecular formula is C24H28N4O2. The van der Waals surface area contributed by atoms with Crippen molar-refractivity contribution in [3.63, 3.8) is 0 Å². The van der Waals surface area contributed by atoms with Gasteiger partial charge >= 0.3 is 0 Å². The zero-order chi connectivity index (χ0) is 20.9. The predicted molar refractivity (Wildman–Crippen MR) is 120 cm³/mol. The van der Waals surface area contributed by atoms with Gasteiger partial charge in [-0.05, 0) is 30.0 Å². The molecule has 0 bridgehead atoms. The Hall–Kier alpha value is -3.12. The second-order valence-corrected chi connectivity index (χ2v) is 7.54. The standard InChI is InChI=1S/C24H28N4O2/c1-3-19-11-7-8-18(2)23(19)25-22(29)17-28-16-21(20-9-5-4-6-10-20)24(26-28)27-12-14-30-15-13-27/h4-11,16H,3,12-15,17H2,1-2H3,(H,25,29). The normalized spacial score (nSPS) is 14.0. The van der Waals surface area contributed by atoms with Crippen LogP contribution in [0.2, 0.25) is 0 Å². The summed E-state index contributed by atoms with van der Waals surface area (Å²) < 4.78 is 7.24. The molecular weight excluding hydrogens is 376 g/mol. The topological polar surface area (TPSA) is 59.4 Å². The quantitative estimate of drug-likeness (QED) is 0.677. The lowest BCUT2D eigenvalue weighted by atomic mass is 10.1. The number of nitrogens with one attached hydrogen (secondary N) is 1. The number of rotatable bonds is 6. The van der Waals surface area contributed by atoms with Crippen molar-refractivity contribution in [2.24, 2.45) is 0 Å². The fourth-order valence-corrected chi connectivity index (χ4v) is 3.85. The molecule has 1 aliphatic rings. The number of benzene rings is 2. The van der Waals surface area contributed by atoms with E-state index in [0.29, 0.717) is 13.2 Å². The zero-order valence-corrected chi connectivity index (χ0v) is 17.6. The minimum Gasteiger partial charge on any atom is -0.378 e. The van der Waals surface area contributed by atoms with Gasteiger partial charge in [0.25, 0.3) is 0 Å². The molecule has 4 rings (SSSR count). The second kappa shape index (κ2) is 9.13. The summed E-state index contributed by atoms with van der Waals surface area (Å²) in [7, 11) is 0. The predicted octanol–water partition coefficient (Wildman–Crippen LogP) is 3.90. The monoisotopic (exact) mass is 404 g/mol. The third kappa shape index (κ3) is 4.39. The first-order chi connectivity index (χ1) is 14.7. The van der Waals surface area contributed by atoms with Gasteiger partial charge in [-0.25, -0.2) is 0 Å². The summed E-state index contributed by atoms with van der Waals surface area (Å²) in [5, 5.41) is 7.88. The van der Waals surface area contributed by atoms with Crippen LogP contribution in [0.25, 0.3) is 11.1 Å². The van der Waals surface area contributed by atoms with Gasteiger partial charge in [0, 0.05) is 30.5 Å². The molecule has 0 spiro atoms. The number of nitrogens with zero attached hydrogens (tertiary/aromatic N) is 3. The SMILES string of the molecule is CCc1cccc(C)c1NC(=O)Cn1cc(-c2ccccc2)c(N2CCOCC2)n1. The van der Waals surface area contributed by atoms with Crippen LogP contribution in [0.15, 0.2) is 54.7 Å². The van der Waals surface area contributed by atoms with Crippen molar-refractivity contribution in [1.29, 1.82) is 0 Å². The van der Waals surface area contributed by atoms with Crippen molar-refractivity contribution in [1.82, 2.24) is 9.78 Å². The van der Waals surface area contributed by atoms with E-state index in [1.54, 1.807) is 4.68 Å². The minimum atomic E-state index is -0.0744. The molecule has 1 aliphatic heterocycles. The number of aryl methyl sites for hydroxylation is 2. The van der Waals surface area contributed by atoms with Gasteiger partial charge in [-0.3, -0.25) is 9.48 Å². The summed E-state index contributed by atoms with van der Waals surface area (Å²) in [6.45, 7) is 7.26. The van der Waals surface area contributed by atoms with Crippen molar-refractivity contribution < 1.29 is 9.53 Å². The lowest BCUT2D eigenvalue weighted by Crippen LogP contribution is -2.36. The number of amides is 1. The maximum absolute atomic E-state index is 12.8. The van der Waals surface area contributed by atoms with Gasteiger partial charge in [0.2, 0.25) is 5.91 Å². The fourth-order valence-electron chi connectivity index (χ4n) is 3.85. The van der Waals surface area contributed by atoms with Crippen LogP contribution in [0.5, 0.6) is 0 Å². The maximum atomic E-state index is 12.8. The van der Waals surface area contributed by atoms with Crippen LogP contribution in [0.4, 0.5) is 11.5 Å². The van der Waals surface area contributed by atoms with E-state index in [4.69, 9.17) is 9.84 Å². The van der Waals surface area contributed by atoms with E-state index < -0.39 is 0 Å². The average Bonchev–Trinajstić information content (AvgIpc) is 3.20. The minimum absolute atomic E-state index is 0.0744. The van der Waals surface area contributed by atoms with Crippen LogP contribution in [0.1, 0.15) is 18.1 Å². The Kier molecular flexibility index (Phi) is 6.14.